The molecule has 12 heavy (non-hydrogen) atoms. The molecular weight excluding hydrogens is 156 g/mol. The molecule has 1 unspecified atom stereocenters. The smallest absolute Gasteiger partial charge is 0.233 e. The van der Waals surface area contributed by atoms with Gasteiger partial charge in [0, 0.05) is 13.6 Å². The maximum atomic E-state index is 10.7. The normalized spacial score (nSPS) is 13.1. The molecule has 0 aromatic rings. The molecule has 0 aromatic heterocycles. The average Bonchev–Trinajstić information content (AvgIpc) is 2.03. The van der Waals surface area contributed by atoms with E-state index in [2.05, 4.69) is 10.6 Å². The summed E-state index contributed by atoms with van der Waals surface area (Å²) in [5.41, 5.74) is 0. The summed E-state index contributed by atoms with van der Waals surface area (Å²) in [6, 6.07) is 0. The SMILES string of the molecule is CNC(=O)CNCC(O)C(C)C. The highest BCUT2D eigenvalue weighted by Gasteiger charge is 2.08. The van der Waals surface area contributed by atoms with E-state index in [9.17, 15) is 9.90 Å². The predicted molar refractivity (Wildman–Crippen MR) is 47.8 cm³/mol. The maximum Gasteiger partial charge on any atom is 0.233 e. The van der Waals surface area contributed by atoms with Gasteiger partial charge in [0.15, 0.2) is 0 Å². The molecule has 0 aliphatic carbocycles. The first-order valence-corrected chi connectivity index (χ1v) is 4.17. The number of amides is 1. The molecule has 0 saturated heterocycles. The summed E-state index contributed by atoms with van der Waals surface area (Å²) in [4.78, 5) is 10.7. The maximum absolute atomic E-state index is 10.7. The molecule has 0 spiro atoms. The van der Waals surface area contributed by atoms with Crippen molar-refractivity contribution in [1.29, 1.82) is 0 Å². The number of nitrogens with one attached hydrogen (secondary N) is 2. The van der Waals surface area contributed by atoms with Gasteiger partial charge >= 0.3 is 0 Å². The van der Waals surface area contributed by atoms with E-state index in [-0.39, 0.29) is 24.5 Å². The molecule has 0 saturated carbocycles. The lowest BCUT2D eigenvalue weighted by Gasteiger charge is -2.14. The summed E-state index contributed by atoms with van der Waals surface area (Å²) >= 11 is 0. The van der Waals surface area contributed by atoms with Crippen LogP contribution in [-0.4, -0.2) is 37.3 Å². The number of hydrogen-bond donors (Lipinski definition) is 3. The van der Waals surface area contributed by atoms with Crippen LogP contribution in [0.4, 0.5) is 0 Å². The van der Waals surface area contributed by atoms with E-state index in [1.165, 1.54) is 0 Å². The number of rotatable bonds is 5. The zero-order chi connectivity index (χ0) is 9.56. The third kappa shape index (κ3) is 5.09. The number of carbonyl (C=O) groups is 1. The third-order valence-corrected chi connectivity index (χ3v) is 1.69. The first kappa shape index (κ1) is 11.4. The molecule has 0 radical (unpaired) electrons. The predicted octanol–water partition coefficient (Wildman–Crippen LogP) is -0.661. The Kier molecular flexibility index (Phi) is 5.66. The van der Waals surface area contributed by atoms with Gasteiger partial charge in [-0.2, -0.15) is 0 Å². The highest BCUT2D eigenvalue weighted by Crippen LogP contribution is 1.98. The fraction of sp³-hybridized carbons (Fsp3) is 0.875. The van der Waals surface area contributed by atoms with Crippen molar-refractivity contribution in [1.82, 2.24) is 10.6 Å². The minimum atomic E-state index is -0.380. The van der Waals surface area contributed by atoms with Crippen LogP contribution in [0.25, 0.3) is 0 Å². The van der Waals surface area contributed by atoms with E-state index < -0.39 is 0 Å². The Labute approximate surface area is 73.3 Å². The van der Waals surface area contributed by atoms with Gasteiger partial charge in [0.2, 0.25) is 5.91 Å². The van der Waals surface area contributed by atoms with Crippen molar-refractivity contribution in [2.45, 2.75) is 20.0 Å². The van der Waals surface area contributed by atoms with Crippen molar-refractivity contribution in [3.8, 4) is 0 Å². The molecule has 3 N–H and O–H groups in total. The van der Waals surface area contributed by atoms with Crippen LogP contribution in [0, 0.1) is 5.92 Å². The van der Waals surface area contributed by atoms with Gasteiger partial charge in [-0.3, -0.25) is 4.79 Å². The van der Waals surface area contributed by atoms with Gasteiger partial charge in [0.05, 0.1) is 12.6 Å². The molecule has 0 fully saturated rings. The van der Waals surface area contributed by atoms with Gasteiger partial charge in [-0.1, -0.05) is 13.8 Å². The highest BCUT2D eigenvalue weighted by atomic mass is 16.3. The zero-order valence-electron chi connectivity index (χ0n) is 7.92. The summed E-state index contributed by atoms with van der Waals surface area (Å²) in [7, 11) is 1.59. The Balaban J connectivity index is 3.37. The molecule has 0 rings (SSSR count). The van der Waals surface area contributed by atoms with Crippen molar-refractivity contribution in [3.05, 3.63) is 0 Å². The van der Waals surface area contributed by atoms with Crippen LogP contribution in [0.2, 0.25) is 0 Å². The molecule has 1 atom stereocenters. The van der Waals surface area contributed by atoms with E-state index in [4.69, 9.17) is 0 Å². The van der Waals surface area contributed by atoms with Gasteiger partial charge in [-0.15, -0.1) is 0 Å². The number of likely N-dealkylation sites (N-methyl/N-ethyl adjacent to an activating group) is 1. The molecular formula is C8H18N2O2. The topological polar surface area (TPSA) is 61.4 Å². The number of aliphatic hydroxyl groups is 1. The first-order chi connectivity index (χ1) is 5.57. The minimum absolute atomic E-state index is 0.0639. The minimum Gasteiger partial charge on any atom is -0.392 e. The highest BCUT2D eigenvalue weighted by molar-refractivity contribution is 5.77. The molecule has 0 aliphatic heterocycles. The lowest BCUT2D eigenvalue weighted by molar-refractivity contribution is -0.119. The number of hydrogen-bond acceptors (Lipinski definition) is 3. The van der Waals surface area contributed by atoms with Crippen LogP contribution in [0.5, 0.6) is 0 Å². The van der Waals surface area contributed by atoms with Crippen molar-refractivity contribution < 1.29 is 9.90 Å². The van der Waals surface area contributed by atoms with E-state index in [0.717, 1.165) is 0 Å². The van der Waals surface area contributed by atoms with Gasteiger partial charge in [-0.25, -0.2) is 0 Å². The Morgan fingerprint density at radius 2 is 2.08 bits per heavy atom. The third-order valence-electron chi connectivity index (χ3n) is 1.69. The number of aliphatic hydroxyl groups excluding tert-OH is 1. The van der Waals surface area contributed by atoms with E-state index in [0.29, 0.717) is 6.54 Å². The van der Waals surface area contributed by atoms with Crippen molar-refractivity contribution >= 4 is 5.91 Å². The van der Waals surface area contributed by atoms with Gasteiger partial charge in [0.1, 0.15) is 0 Å². The standard InChI is InChI=1S/C8H18N2O2/c1-6(2)7(11)4-10-5-8(12)9-3/h6-7,10-11H,4-5H2,1-3H3,(H,9,12). The van der Waals surface area contributed by atoms with E-state index in [1.54, 1.807) is 7.05 Å². The van der Waals surface area contributed by atoms with Crippen LogP contribution >= 0.6 is 0 Å². The van der Waals surface area contributed by atoms with Gasteiger partial charge in [-0.05, 0) is 5.92 Å². The molecule has 72 valence electrons. The van der Waals surface area contributed by atoms with Crippen LogP contribution in [-0.2, 0) is 4.79 Å². The molecule has 0 heterocycles. The summed E-state index contributed by atoms with van der Waals surface area (Å²) in [6.45, 7) is 4.60. The Bertz CT molecular complexity index is 137. The molecule has 4 nitrogen and oxygen atoms in total. The fourth-order valence-electron chi connectivity index (χ4n) is 0.658. The van der Waals surface area contributed by atoms with Gasteiger partial charge < -0.3 is 15.7 Å². The lowest BCUT2D eigenvalue weighted by atomic mass is 10.1. The second kappa shape index (κ2) is 5.97. The molecule has 0 aliphatic rings. The Hall–Kier alpha value is -0.610. The lowest BCUT2D eigenvalue weighted by Crippen LogP contribution is -2.37. The van der Waals surface area contributed by atoms with E-state index in [1.807, 2.05) is 13.8 Å². The second-order valence-corrected chi connectivity index (χ2v) is 3.12. The van der Waals surface area contributed by atoms with Crippen LogP contribution in [0.15, 0.2) is 0 Å². The van der Waals surface area contributed by atoms with Crippen molar-refractivity contribution in [2.24, 2.45) is 5.92 Å². The van der Waals surface area contributed by atoms with Crippen LogP contribution in [0.3, 0.4) is 0 Å². The molecule has 1 amide bonds. The van der Waals surface area contributed by atoms with Gasteiger partial charge in [0.25, 0.3) is 0 Å². The molecule has 0 aromatic carbocycles. The first-order valence-electron chi connectivity index (χ1n) is 4.17. The molecule has 4 heteroatoms. The van der Waals surface area contributed by atoms with E-state index >= 15 is 0 Å². The largest absolute Gasteiger partial charge is 0.392 e. The summed E-state index contributed by atoms with van der Waals surface area (Å²) < 4.78 is 0. The Morgan fingerprint density at radius 3 is 2.50 bits per heavy atom. The summed E-state index contributed by atoms with van der Waals surface area (Å²) in [5.74, 6) is 0.160. The Morgan fingerprint density at radius 1 is 1.50 bits per heavy atom. The summed E-state index contributed by atoms with van der Waals surface area (Å²) in [5, 5.41) is 14.7. The fourth-order valence-corrected chi connectivity index (χ4v) is 0.658. The van der Waals surface area contributed by atoms with Crippen molar-refractivity contribution in [2.75, 3.05) is 20.1 Å². The average molecular weight is 174 g/mol. The van der Waals surface area contributed by atoms with Crippen molar-refractivity contribution in [3.63, 3.8) is 0 Å². The summed E-state index contributed by atoms with van der Waals surface area (Å²) in [6.07, 6.45) is -0.380. The zero-order valence-corrected chi connectivity index (χ0v) is 7.92. The second-order valence-electron chi connectivity index (χ2n) is 3.12. The molecule has 0 bridgehead atoms. The monoisotopic (exact) mass is 174 g/mol. The quantitative estimate of drug-likeness (QED) is 0.518. The van der Waals surface area contributed by atoms with Crippen LogP contribution < -0.4 is 10.6 Å². The van der Waals surface area contributed by atoms with Crippen LogP contribution in [0.1, 0.15) is 13.8 Å². The number of carbonyl (C=O) groups excluding carboxylic acids is 1.